The smallest absolute Gasteiger partial charge is 0.308 e. The number of thiophene rings is 1. The van der Waals surface area contributed by atoms with Gasteiger partial charge in [-0.2, -0.15) is 0 Å². The van der Waals surface area contributed by atoms with E-state index >= 15 is 0 Å². The lowest BCUT2D eigenvalue weighted by atomic mass is 9.87. The summed E-state index contributed by atoms with van der Waals surface area (Å²) in [5.41, 5.74) is 0. The van der Waals surface area contributed by atoms with Crippen molar-refractivity contribution in [2.75, 3.05) is 7.11 Å². The molecule has 1 saturated carbocycles. The van der Waals surface area contributed by atoms with Crippen LogP contribution in [0, 0.1) is 5.92 Å². The molecule has 1 aromatic heterocycles. The molecule has 0 spiro atoms. The topological polar surface area (TPSA) is 35.5 Å². The van der Waals surface area contributed by atoms with Gasteiger partial charge in [-0.1, -0.05) is 0 Å². The van der Waals surface area contributed by atoms with Crippen molar-refractivity contribution >= 4 is 33.2 Å². The Hall–Kier alpha value is -0.390. The van der Waals surface area contributed by atoms with E-state index in [-0.39, 0.29) is 18.0 Å². The quantitative estimate of drug-likeness (QED) is 0.787. The molecule has 0 radical (unpaired) electrons. The maximum atomic E-state index is 11.4. The largest absolute Gasteiger partial charge is 0.469 e. The van der Waals surface area contributed by atoms with Gasteiger partial charge < -0.3 is 9.47 Å². The number of halogens is 1. The van der Waals surface area contributed by atoms with Gasteiger partial charge in [0.05, 0.1) is 25.7 Å². The summed E-state index contributed by atoms with van der Waals surface area (Å²) >= 11 is 5.13. The monoisotopic (exact) mass is 332 g/mol. The molecule has 0 aliphatic heterocycles. The van der Waals surface area contributed by atoms with Crippen molar-refractivity contribution in [3.8, 4) is 0 Å². The molecule has 0 saturated heterocycles. The predicted octanol–water partition coefficient (Wildman–Crippen LogP) is 3.76. The second-order valence-corrected chi connectivity index (χ2v) is 6.45. The molecule has 1 heterocycles. The van der Waals surface area contributed by atoms with Crippen LogP contribution >= 0.6 is 27.3 Å². The van der Waals surface area contributed by atoms with E-state index in [0.29, 0.717) is 6.61 Å². The fourth-order valence-electron chi connectivity index (χ4n) is 2.26. The van der Waals surface area contributed by atoms with Crippen molar-refractivity contribution in [2.45, 2.75) is 38.4 Å². The zero-order chi connectivity index (χ0) is 13.0. The molecule has 3 nitrogen and oxygen atoms in total. The summed E-state index contributed by atoms with van der Waals surface area (Å²) < 4.78 is 11.8. The zero-order valence-corrected chi connectivity index (χ0v) is 12.8. The summed E-state index contributed by atoms with van der Waals surface area (Å²) in [7, 11) is 1.46. The Balaban J connectivity index is 1.72. The van der Waals surface area contributed by atoms with Gasteiger partial charge in [0, 0.05) is 14.7 Å². The van der Waals surface area contributed by atoms with Crippen LogP contribution in [-0.4, -0.2) is 19.2 Å². The Morgan fingerprint density at radius 2 is 2.17 bits per heavy atom. The number of hydrogen-bond acceptors (Lipinski definition) is 4. The molecule has 2 rings (SSSR count). The van der Waals surface area contributed by atoms with Crippen LogP contribution in [0.5, 0.6) is 0 Å². The molecule has 0 N–H and O–H groups in total. The van der Waals surface area contributed by atoms with Crippen LogP contribution in [0.3, 0.4) is 0 Å². The number of rotatable bonds is 4. The first kappa shape index (κ1) is 14.0. The van der Waals surface area contributed by atoms with Crippen LogP contribution in [0.4, 0.5) is 0 Å². The van der Waals surface area contributed by atoms with E-state index in [1.165, 1.54) is 12.0 Å². The lowest BCUT2D eigenvalue weighted by Gasteiger charge is -2.26. The summed E-state index contributed by atoms with van der Waals surface area (Å²) in [6.07, 6.45) is 3.95. The fraction of sp³-hybridized carbons (Fsp3) is 0.615. The maximum absolute atomic E-state index is 11.4. The number of methoxy groups -OCH3 is 1. The standard InChI is InChI=1S/C13H17BrO3S/c1-16-13(15)9-2-4-11(5-3-9)17-7-12-6-10(14)8-18-12/h6,8-9,11H,2-5,7H2,1H3. The summed E-state index contributed by atoms with van der Waals surface area (Å²) in [6.45, 7) is 0.670. The summed E-state index contributed by atoms with van der Waals surface area (Å²) in [4.78, 5) is 12.6. The first-order valence-corrected chi connectivity index (χ1v) is 7.78. The van der Waals surface area contributed by atoms with Gasteiger partial charge in [0.15, 0.2) is 0 Å². The molecule has 0 aromatic carbocycles. The average molecular weight is 333 g/mol. The van der Waals surface area contributed by atoms with Crippen LogP contribution < -0.4 is 0 Å². The highest BCUT2D eigenvalue weighted by molar-refractivity contribution is 9.10. The zero-order valence-electron chi connectivity index (χ0n) is 10.4. The van der Waals surface area contributed by atoms with E-state index in [1.54, 1.807) is 11.3 Å². The molecule has 0 atom stereocenters. The summed E-state index contributed by atoms with van der Waals surface area (Å²) in [6, 6.07) is 2.09. The molecule has 100 valence electrons. The average Bonchev–Trinajstić information content (AvgIpc) is 2.82. The Kier molecular flexibility index (Phi) is 5.21. The fourth-order valence-corrected chi connectivity index (χ4v) is 3.63. The van der Waals surface area contributed by atoms with Crippen LogP contribution in [-0.2, 0) is 20.9 Å². The summed E-state index contributed by atoms with van der Waals surface area (Å²) in [5.74, 6) is 0.00127. The van der Waals surface area contributed by atoms with Crippen LogP contribution in [0.2, 0.25) is 0 Å². The molecular formula is C13H17BrO3S. The number of esters is 1. The number of ether oxygens (including phenoxy) is 2. The third-order valence-corrected chi connectivity index (χ3v) is 4.96. The van der Waals surface area contributed by atoms with Gasteiger partial charge in [0.1, 0.15) is 0 Å². The van der Waals surface area contributed by atoms with E-state index < -0.39 is 0 Å². The molecule has 0 unspecified atom stereocenters. The van der Waals surface area contributed by atoms with Crippen LogP contribution in [0.15, 0.2) is 15.9 Å². The van der Waals surface area contributed by atoms with E-state index in [1.807, 2.05) is 0 Å². The van der Waals surface area contributed by atoms with Gasteiger partial charge in [0.25, 0.3) is 0 Å². The third-order valence-electron chi connectivity index (χ3n) is 3.29. The first-order valence-electron chi connectivity index (χ1n) is 6.11. The van der Waals surface area contributed by atoms with Crippen molar-refractivity contribution in [1.82, 2.24) is 0 Å². The van der Waals surface area contributed by atoms with Crippen molar-refractivity contribution in [3.63, 3.8) is 0 Å². The van der Waals surface area contributed by atoms with E-state index in [9.17, 15) is 4.79 Å². The summed E-state index contributed by atoms with van der Waals surface area (Å²) in [5, 5.41) is 2.06. The van der Waals surface area contributed by atoms with E-state index in [0.717, 1.165) is 30.2 Å². The van der Waals surface area contributed by atoms with Crippen molar-refractivity contribution in [1.29, 1.82) is 0 Å². The first-order chi connectivity index (χ1) is 8.69. The molecule has 0 bridgehead atoms. The lowest BCUT2D eigenvalue weighted by molar-refractivity contribution is -0.147. The third kappa shape index (κ3) is 3.80. The highest BCUT2D eigenvalue weighted by Crippen LogP contribution is 2.28. The van der Waals surface area contributed by atoms with Crippen molar-refractivity contribution in [2.24, 2.45) is 5.92 Å². The van der Waals surface area contributed by atoms with Crippen molar-refractivity contribution < 1.29 is 14.3 Å². The second kappa shape index (κ2) is 6.68. The van der Waals surface area contributed by atoms with Crippen LogP contribution in [0.25, 0.3) is 0 Å². The minimum Gasteiger partial charge on any atom is -0.469 e. The molecule has 1 fully saturated rings. The SMILES string of the molecule is COC(=O)C1CCC(OCc2cc(Br)cs2)CC1. The Morgan fingerprint density at radius 1 is 1.44 bits per heavy atom. The molecule has 5 heteroatoms. The van der Waals surface area contributed by atoms with Crippen molar-refractivity contribution in [3.05, 3.63) is 20.8 Å². The Morgan fingerprint density at radius 3 is 2.72 bits per heavy atom. The Bertz CT molecular complexity index is 397. The van der Waals surface area contributed by atoms with Gasteiger partial charge in [-0.25, -0.2) is 0 Å². The molecule has 0 amide bonds. The normalized spacial score (nSPS) is 23.9. The van der Waals surface area contributed by atoms with Gasteiger partial charge in [0.2, 0.25) is 0 Å². The Labute approximate surface area is 120 Å². The van der Waals surface area contributed by atoms with Crippen LogP contribution in [0.1, 0.15) is 30.6 Å². The van der Waals surface area contributed by atoms with Gasteiger partial charge in [-0.05, 0) is 47.7 Å². The number of carbonyl (C=O) groups excluding carboxylic acids is 1. The van der Waals surface area contributed by atoms with Gasteiger partial charge in [-0.15, -0.1) is 11.3 Å². The van der Waals surface area contributed by atoms with E-state index in [4.69, 9.17) is 9.47 Å². The molecule has 1 aliphatic rings. The highest BCUT2D eigenvalue weighted by Gasteiger charge is 2.27. The number of hydrogen-bond donors (Lipinski definition) is 0. The molecule has 18 heavy (non-hydrogen) atoms. The highest BCUT2D eigenvalue weighted by atomic mass is 79.9. The second-order valence-electron chi connectivity index (χ2n) is 4.54. The maximum Gasteiger partial charge on any atom is 0.308 e. The predicted molar refractivity (Wildman–Crippen MR) is 74.6 cm³/mol. The molecular weight excluding hydrogens is 316 g/mol. The molecule has 1 aromatic rings. The minimum absolute atomic E-state index is 0.0735. The van der Waals surface area contributed by atoms with E-state index in [2.05, 4.69) is 27.4 Å². The van der Waals surface area contributed by atoms with Gasteiger partial charge >= 0.3 is 5.97 Å². The molecule has 1 aliphatic carbocycles. The number of carbonyl (C=O) groups is 1. The lowest BCUT2D eigenvalue weighted by Crippen LogP contribution is -2.26. The minimum atomic E-state index is -0.0735. The van der Waals surface area contributed by atoms with Gasteiger partial charge in [-0.3, -0.25) is 4.79 Å².